The van der Waals surface area contributed by atoms with E-state index in [0.717, 1.165) is 0 Å². The third-order valence-corrected chi connectivity index (χ3v) is 14.1. The molecule has 1 aliphatic rings. The summed E-state index contributed by atoms with van der Waals surface area (Å²) >= 11 is 5.06. The van der Waals surface area contributed by atoms with E-state index in [4.69, 9.17) is 17.3 Å². The molecule has 1 fully saturated rings. The van der Waals surface area contributed by atoms with Gasteiger partial charge in [-0.05, 0) is 41.7 Å². The van der Waals surface area contributed by atoms with Gasteiger partial charge in [-0.15, -0.1) is 0 Å². The van der Waals surface area contributed by atoms with Crippen LogP contribution in [-0.4, -0.2) is 255 Å². The zero-order valence-electron chi connectivity index (χ0n) is 48.9. The first-order valence-electron chi connectivity index (χ1n) is 28.5. The van der Waals surface area contributed by atoms with Gasteiger partial charge in [0.15, 0.2) is 5.11 Å². The van der Waals surface area contributed by atoms with Crippen LogP contribution in [0.3, 0.4) is 0 Å². The molecule has 5 atom stereocenters. The second-order valence-corrected chi connectivity index (χ2v) is 21.3. The first kappa shape index (κ1) is 72.3. The van der Waals surface area contributed by atoms with Gasteiger partial charge in [-0.2, -0.15) is 0 Å². The Balaban J connectivity index is 1.39. The molecular formula is C58H78N12O18S. The fourth-order valence-electron chi connectivity index (χ4n) is 9.22. The number of nitrogens with one attached hydrogen (secondary N) is 8. The molecule has 484 valence electrons. The quantitative estimate of drug-likeness (QED) is 0.0206. The summed E-state index contributed by atoms with van der Waals surface area (Å²) in [6, 6.07) is 19.3. The van der Waals surface area contributed by atoms with Gasteiger partial charge in [0.2, 0.25) is 35.4 Å². The lowest BCUT2D eigenvalue weighted by Gasteiger charge is -2.33. The molecule has 0 radical (unpaired) electrons. The van der Waals surface area contributed by atoms with Crippen molar-refractivity contribution in [2.45, 2.75) is 75.2 Å². The van der Waals surface area contributed by atoms with Gasteiger partial charge in [0.05, 0.1) is 32.7 Å². The number of carboxylic acid groups (broad SMARTS) is 6. The van der Waals surface area contributed by atoms with E-state index in [2.05, 4.69) is 42.5 Å². The minimum atomic E-state index is -1.49. The van der Waals surface area contributed by atoms with Crippen LogP contribution in [0.5, 0.6) is 0 Å². The highest BCUT2D eigenvalue weighted by atomic mass is 32.1. The van der Waals surface area contributed by atoms with Gasteiger partial charge >= 0.3 is 35.8 Å². The summed E-state index contributed by atoms with van der Waals surface area (Å²) in [6.07, 6.45) is -1.74. The van der Waals surface area contributed by atoms with Crippen molar-refractivity contribution in [3.05, 3.63) is 108 Å². The number of aliphatic carboxylic acids is 6. The molecule has 89 heavy (non-hydrogen) atoms. The molecule has 5 unspecified atom stereocenters. The smallest absolute Gasteiger partial charge is 0.326 e. The van der Waals surface area contributed by atoms with Crippen LogP contribution in [-0.2, 0) is 76.8 Å². The highest BCUT2D eigenvalue weighted by molar-refractivity contribution is 7.80. The number of nitrogens with zero attached hydrogens (tertiary/aromatic N) is 4. The summed E-state index contributed by atoms with van der Waals surface area (Å²) in [5.74, 6) is -11.7. The predicted molar refractivity (Wildman–Crippen MR) is 322 cm³/mol. The maximum Gasteiger partial charge on any atom is 0.326 e. The zero-order valence-corrected chi connectivity index (χ0v) is 49.7. The van der Waals surface area contributed by atoms with Gasteiger partial charge in [0.25, 0.3) is 0 Å². The van der Waals surface area contributed by atoms with Crippen LogP contribution in [0.25, 0.3) is 0 Å². The standard InChI is InChI=1S/C58H78N12O18S/c71-46(18-16-41(56(85)86)65-58(89)66-42(57(87)88)17-19-49(74)75)62-43(30-38-10-4-1-5-11-38)53(82)60-21-20-59-47(72)33-61-54(83)44(31-39-12-6-2-7-13-39)64-55(84)45(32-40-14-8-3-9-15-40)63-48(73)34-67-22-24-68(35-50(76)77)26-28-70(37-52(80)81)29-27-69(25-23-67)36-51(78)79/h1-15,41-45H,16-37H2,(H,59,72)(H,60,82)(H,61,83)(H,62,71)(H,63,73)(H,64,84)(H,74,75)(H,76,77)(H,78,79)(H,80,81)(H,85,86)(H,87,88)(H2,65,66,89). The number of benzene rings is 3. The number of carboxylic acids is 6. The molecule has 0 saturated carbocycles. The van der Waals surface area contributed by atoms with E-state index < -0.39 is 126 Å². The Bertz CT molecular complexity index is 2850. The van der Waals surface area contributed by atoms with Crippen LogP contribution >= 0.6 is 12.2 Å². The van der Waals surface area contributed by atoms with Crippen molar-refractivity contribution in [2.75, 3.05) is 98.2 Å². The first-order valence-corrected chi connectivity index (χ1v) is 29.0. The second kappa shape index (κ2) is 38.9. The third-order valence-electron chi connectivity index (χ3n) is 13.8. The molecule has 0 aromatic heterocycles. The molecule has 3 aromatic carbocycles. The molecule has 0 aliphatic carbocycles. The molecule has 14 N–H and O–H groups in total. The van der Waals surface area contributed by atoms with Gasteiger partial charge < -0.3 is 73.2 Å². The van der Waals surface area contributed by atoms with Crippen molar-refractivity contribution in [2.24, 2.45) is 0 Å². The summed E-state index contributed by atoms with van der Waals surface area (Å²) in [6.45, 7) is -1.09. The summed E-state index contributed by atoms with van der Waals surface area (Å²) in [5.41, 5.74) is 1.94. The predicted octanol–water partition coefficient (Wildman–Crippen LogP) is -2.99. The Morgan fingerprint density at radius 3 is 1.11 bits per heavy atom. The second-order valence-electron chi connectivity index (χ2n) is 20.9. The minimum Gasteiger partial charge on any atom is -0.481 e. The van der Waals surface area contributed by atoms with E-state index >= 15 is 0 Å². The number of rotatable bonds is 35. The molecule has 0 spiro atoms. The zero-order chi connectivity index (χ0) is 65.3. The molecule has 4 rings (SSSR count). The summed E-state index contributed by atoms with van der Waals surface area (Å²) in [5, 5.41) is 77.3. The van der Waals surface area contributed by atoms with E-state index in [1.54, 1.807) is 111 Å². The van der Waals surface area contributed by atoms with Gasteiger partial charge in [-0.1, -0.05) is 91.0 Å². The number of hydrogen-bond acceptors (Lipinski definition) is 17. The Labute approximate surface area is 518 Å². The molecule has 6 amide bonds. The topological polar surface area (TPSA) is 435 Å². The van der Waals surface area contributed by atoms with E-state index in [-0.39, 0.29) is 124 Å². The van der Waals surface area contributed by atoms with Crippen molar-refractivity contribution >= 4 is 88.6 Å². The Morgan fingerprint density at radius 2 is 0.719 bits per heavy atom. The fraction of sp³-hybridized carbons (Fsp3) is 0.466. The third kappa shape index (κ3) is 29.9. The summed E-state index contributed by atoms with van der Waals surface area (Å²) < 4.78 is 0. The number of carbonyl (C=O) groups is 12. The highest BCUT2D eigenvalue weighted by Crippen LogP contribution is 2.10. The van der Waals surface area contributed by atoms with Crippen LogP contribution in [0.4, 0.5) is 0 Å². The lowest BCUT2D eigenvalue weighted by Crippen LogP contribution is -2.57. The number of amides is 6. The molecule has 31 heteroatoms. The van der Waals surface area contributed by atoms with Crippen molar-refractivity contribution in [1.29, 1.82) is 0 Å². The van der Waals surface area contributed by atoms with Crippen molar-refractivity contribution in [3.8, 4) is 0 Å². The van der Waals surface area contributed by atoms with Gasteiger partial charge in [-0.3, -0.25) is 67.5 Å². The Morgan fingerprint density at radius 1 is 0.371 bits per heavy atom. The first-order chi connectivity index (χ1) is 42.4. The van der Waals surface area contributed by atoms with Crippen molar-refractivity contribution in [1.82, 2.24) is 62.1 Å². The largest absolute Gasteiger partial charge is 0.481 e. The fourth-order valence-corrected chi connectivity index (χ4v) is 9.51. The molecular weight excluding hydrogens is 1180 g/mol. The van der Waals surface area contributed by atoms with Crippen LogP contribution in [0.15, 0.2) is 91.0 Å². The lowest BCUT2D eigenvalue weighted by atomic mass is 10.0. The van der Waals surface area contributed by atoms with Crippen molar-refractivity contribution in [3.63, 3.8) is 0 Å². The molecule has 3 aromatic rings. The average Bonchev–Trinajstić information content (AvgIpc) is 3.47. The SMILES string of the molecule is O=C(O)CCC(NC(=S)NC(CCC(=O)NC(Cc1ccccc1)C(=O)NCCNC(=O)CNC(=O)C(Cc1ccccc1)NC(=O)C(Cc1ccccc1)NC(=O)CN1CCN(CC(=O)O)CCN(CC(=O)O)CCN(CC(=O)O)CC1)C(=O)O)C(=O)O. The number of carbonyl (C=O) groups excluding carboxylic acids is 6. The van der Waals surface area contributed by atoms with Crippen LogP contribution in [0.1, 0.15) is 42.4 Å². The maximum atomic E-state index is 14.4. The molecule has 1 aliphatic heterocycles. The van der Waals surface area contributed by atoms with E-state index in [0.29, 0.717) is 16.7 Å². The highest BCUT2D eigenvalue weighted by Gasteiger charge is 2.30. The number of thiocarbonyl (C=S) groups is 1. The summed E-state index contributed by atoms with van der Waals surface area (Å²) in [4.78, 5) is 159. The van der Waals surface area contributed by atoms with Crippen LogP contribution in [0.2, 0.25) is 0 Å². The van der Waals surface area contributed by atoms with Gasteiger partial charge in [0, 0.05) is 97.6 Å². The van der Waals surface area contributed by atoms with E-state index in [1.807, 2.05) is 0 Å². The molecule has 0 bridgehead atoms. The molecule has 1 heterocycles. The number of hydrogen-bond donors (Lipinski definition) is 14. The van der Waals surface area contributed by atoms with E-state index in [1.165, 1.54) is 0 Å². The lowest BCUT2D eigenvalue weighted by molar-refractivity contribution is -0.141. The average molecular weight is 1260 g/mol. The normalized spacial score (nSPS) is 15.2. The Hall–Kier alpha value is -9.17. The monoisotopic (exact) mass is 1260 g/mol. The van der Waals surface area contributed by atoms with Gasteiger partial charge in [0.1, 0.15) is 30.2 Å². The van der Waals surface area contributed by atoms with Gasteiger partial charge in [-0.25, -0.2) is 9.59 Å². The Kier molecular flexibility index (Phi) is 31.6. The van der Waals surface area contributed by atoms with E-state index in [9.17, 15) is 83.1 Å². The van der Waals surface area contributed by atoms with Crippen molar-refractivity contribution < 1.29 is 88.2 Å². The molecule has 30 nitrogen and oxygen atoms in total. The van der Waals surface area contributed by atoms with Crippen LogP contribution in [0, 0.1) is 0 Å². The minimum absolute atomic E-state index is 0.00415. The maximum absolute atomic E-state index is 14.4. The molecule has 1 saturated heterocycles. The summed E-state index contributed by atoms with van der Waals surface area (Å²) in [7, 11) is 0. The van der Waals surface area contributed by atoms with Crippen LogP contribution < -0.4 is 42.5 Å².